The predicted octanol–water partition coefficient (Wildman–Crippen LogP) is 0.404. The van der Waals surface area contributed by atoms with Gasteiger partial charge >= 0.3 is 5.69 Å². The summed E-state index contributed by atoms with van der Waals surface area (Å²) in [6, 6.07) is 0.329. The van der Waals surface area contributed by atoms with E-state index in [4.69, 9.17) is 0 Å². The van der Waals surface area contributed by atoms with E-state index in [0.29, 0.717) is 44.2 Å². The van der Waals surface area contributed by atoms with Gasteiger partial charge in [0.15, 0.2) is 0 Å². The van der Waals surface area contributed by atoms with Gasteiger partial charge in [0.05, 0.1) is 0 Å². The van der Waals surface area contributed by atoms with E-state index in [1.54, 1.807) is 0 Å². The minimum absolute atomic E-state index is 0.0953. The molecule has 0 aromatic carbocycles. The zero-order valence-corrected chi connectivity index (χ0v) is 16.5. The van der Waals surface area contributed by atoms with Gasteiger partial charge in [-0.3, -0.25) is 19.5 Å². The molecule has 3 rings (SSSR count). The van der Waals surface area contributed by atoms with Crippen LogP contribution in [0.4, 0.5) is 0 Å². The molecule has 0 aliphatic carbocycles. The zero-order valence-electron chi connectivity index (χ0n) is 16.5. The minimum atomic E-state index is -0.344. The first-order valence-electron chi connectivity index (χ1n) is 10.5. The van der Waals surface area contributed by atoms with Crippen LogP contribution in [0.3, 0.4) is 0 Å². The summed E-state index contributed by atoms with van der Waals surface area (Å²) in [4.78, 5) is 43.0. The number of aromatic amines is 2. The van der Waals surface area contributed by atoms with Crippen molar-refractivity contribution in [3.63, 3.8) is 0 Å². The molecule has 9 heteroatoms. The van der Waals surface area contributed by atoms with Crippen molar-refractivity contribution in [2.75, 3.05) is 32.7 Å². The molecule has 0 bridgehead atoms. The number of aryl methyl sites for hydroxylation is 1. The Labute approximate surface area is 165 Å². The third-order valence-electron chi connectivity index (χ3n) is 5.70. The van der Waals surface area contributed by atoms with Crippen molar-refractivity contribution in [3.05, 3.63) is 16.3 Å². The van der Waals surface area contributed by atoms with Gasteiger partial charge in [-0.15, -0.1) is 0 Å². The molecule has 2 aliphatic rings. The molecule has 0 spiro atoms. The Morgan fingerprint density at radius 3 is 2.64 bits per heavy atom. The quantitative estimate of drug-likeness (QED) is 0.689. The van der Waals surface area contributed by atoms with Gasteiger partial charge in [-0.25, -0.2) is 9.89 Å². The second kappa shape index (κ2) is 10.4. The van der Waals surface area contributed by atoms with E-state index in [1.165, 1.54) is 12.8 Å². The number of aromatic nitrogens is 3. The maximum absolute atomic E-state index is 12.7. The van der Waals surface area contributed by atoms with E-state index in [1.807, 2.05) is 4.90 Å². The largest absolute Gasteiger partial charge is 0.356 e. The van der Waals surface area contributed by atoms with Crippen molar-refractivity contribution in [2.45, 2.75) is 63.8 Å². The van der Waals surface area contributed by atoms with Gasteiger partial charge in [0.25, 0.3) is 0 Å². The van der Waals surface area contributed by atoms with Crippen LogP contribution in [0, 0.1) is 0 Å². The highest BCUT2D eigenvalue weighted by atomic mass is 16.2. The van der Waals surface area contributed by atoms with Gasteiger partial charge in [0.1, 0.15) is 5.82 Å². The number of hydrogen-bond acceptors (Lipinski definition) is 5. The monoisotopic (exact) mass is 392 g/mol. The first kappa shape index (κ1) is 20.6. The van der Waals surface area contributed by atoms with Crippen LogP contribution in [-0.4, -0.2) is 75.6 Å². The molecule has 3 N–H and O–H groups in total. The van der Waals surface area contributed by atoms with E-state index in [-0.39, 0.29) is 17.5 Å². The summed E-state index contributed by atoms with van der Waals surface area (Å²) in [5.74, 6) is 0.762. The number of piperidine rings is 1. The van der Waals surface area contributed by atoms with Crippen molar-refractivity contribution >= 4 is 11.8 Å². The highest BCUT2D eigenvalue weighted by Gasteiger charge is 2.25. The van der Waals surface area contributed by atoms with Crippen LogP contribution in [0.25, 0.3) is 0 Å². The molecule has 2 aliphatic heterocycles. The summed E-state index contributed by atoms with van der Waals surface area (Å²) in [5.41, 5.74) is -0.344. The number of nitrogens with zero attached hydrogens (tertiary/aromatic N) is 3. The lowest BCUT2D eigenvalue weighted by atomic mass is 9.98. The summed E-state index contributed by atoms with van der Waals surface area (Å²) in [5, 5.41) is 9.23. The number of carbonyl (C=O) groups excluding carboxylic acids is 2. The average molecular weight is 393 g/mol. The molecule has 1 atom stereocenters. The molecule has 1 aromatic rings. The number of nitrogens with one attached hydrogen (secondary N) is 3. The molecule has 2 saturated heterocycles. The highest BCUT2D eigenvalue weighted by Crippen LogP contribution is 2.20. The van der Waals surface area contributed by atoms with Gasteiger partial charge in [-0.2, -0.15) is 5.10 Å². The van der Waals surface area contributed by atoms with E-state index in [0.717, 1.165) is 45.3 Å². The van der Waals surface area contributed by atoms with Crippen molar-refractivity contribution < 1.29 is 9.59 Å². The number of rotatable bonds is 3. The Hall–Kier alpha value is -2.16. The van der Waals surface area contributed by atoms with Crippen LogP contribution in [0.1, 0.15) is 57.2 Å². The van der Waals surface area contributed by atoms with Gasteiger partial charge in [-0.1, -0.05) is 6.42 Å². The van der Waals surface area contributed by atoms with Gasteiger partial charge in [0.2, 0.25) is 11.8 Å². The molecule has 156 valence electrons. The molecule has 0 radical (unpaired) electrons. The summed E-state index contributed by atoms with van der Waals surface area (Å²) >= 11 is 0. The van der Waals surface area contributed by atoms with E-state index < -0.39 is 0 Å². The standard InChI is InChI=1S/C19H32N6O3/c26-17-14-15-6-1-3-10-24(15)12-5-13-25(11-4-2-9-20-17)18(27)8-7-16-21-19(28)23-22-16/h15H,1-14H2,(H,20,26)(H2,21,22,23,28). The molecule has 9 nitrogen and oxygen atoms in total. The second-order valence-corrected chi connectivity index (χ2v) is 7.81. The summed E-state index contributed by atoms with van der Waals surface area (Å²) < 4.78 is 0. The lowest BCUT2D eigenvalue weighted by Crippen LogP contribution is -2.44. The molecule has 1 unspecified atom stereocenters. The van der Waals surface area contributed by atoms with Crippen LogP contribution < -0.4 is 11.0 Å². The smallest absolute Gasteiger partial charge is 0.340 e. The molecule has 3 heterocycles. The Bertz CT molecular complexity index is 700. The average Bonchev–Trinajstić information content (AvgIpc) is 3.10. The number of hydrogen-bond donors (Lipinski definition) is 3. The zero-order chi connectivity index (χ0) is 19.8. The third kappa shape index (κ3) is 6.19. The molecule has 2 fully saturated rings. The fourth-order valence-corrected chi connectivity index (χ4v) is 4.16. The Morgan fingerprint density at radius 1 is 1.04 bits per heavy atom. The maximum Gasteiger partial charge on any atom is 0.340 e. The van der Waals surface area contributed by atoms with Crippen molar-refractivity contribution in [1.82, 2.24) is 30.3 Å². The molecular formula is C19H32N6O3. The molecule has 1 aromatic heterocycles. The lowest BCUT2D eigenvalue weighted by molar-refractivity contribution is -0.131. The Balaban J connectivity index is 1.56. The highest BCUT2D eigenvalue weighted by molar-refractivity contribution is 5.77. The first-order valence-corrected chi connectivity index (χ1v) is 10.5. The number of fused-ring (bicyclic) bond motifs is 1. The predicted molar refractivity (Wildman–Crippen MR) is 105 cm³/mol. The second-order valence-electron chi connectivity index (χ2n) is 7.81. The molecule has 2 amide bonds. The van der Waals surface area contributed by atoms with Crippen LogP contribution in [0.2, 0.25) is 0 Å². The summed E-state index contributed by atoms with van der Waals surface area (Å²) in [6.45, 7) is 4.07. The molecular weight excluding hydrogens is 360 g/mol. The van der Waals surface area contributed by atoms with Crippen molar-refractivity contribution in [3.8, 4) is 0 Å². The van der Waals surface area contributed by atoms with Gasteiger partial charge in [0, 0.05) is 51.5 Å². The SMILES string of the molecule is O=C1CC2CCCCN2CCCN(C(=O)CCc2n[nH]c(=O)[nH]2)CCCCN1. The maximum atomic E-state index is 12.7. The Morgan fingerprint density at radius 2 is 1.82 bits per heavy atom. The molecule has 28 heavy (non-hydrogen) atoms. The minimum Gasteiger partial charge on any atom is -0.356 e. The van der Waals surface area contributed by atoms with Gasteiger partial charge in [-0.05, 0) is 38.6 Å². The topological polar surface area (TPSA) is 114 Å². The fraction of sp³-hybridized carbons (Fsp3) is 0.789. The number of amides is 2. The van der Waals surface area contributed by atoms with Crippen LogP contribution in [-0.2, 0) is 16.0 Å². The van der Waals surface area contributed by atoms with E-state index >= 15 is 0 Å². The van der Waals surface area contributed by atoms with Crippen LogP contribution >= 0.6 is 0 Å². The van der Waals surface area contributed by atoms with Crippen molar-refractivity contribution in [1.29, 1.82) is 0 Å². The third-order valence-corrected chi connectivity index (χ3v) is 5.70. The lowest BCUT2D eigenvalue weighted by Gasteiger charge is -2.35. The van der Waals surface area contributed by atoms with E-state index in [9.17, 15) is 14.4 Å². The first-order chi connectivity index (χ1) is 13.6. The van der Waals surface area contributed by atoms with Crippen molar-refractivity contribution in [2.24, 2.45) is 0 Å². The summed E-state index contributed by atoms with van der Waals surface area (Å²) in [6.07, 6.45) is 7.47. The number of H-pyrrole nitrogens is 2. The molecule has 0 saturated carbocycles. The Kier molecular flexibility index (Phi) is 7.64. The summed E-state index contributed by atoms with van der Waals surface area (Å²) in [7, 11) is 0. The van der Waals surface area contributed by atoms with Crippen LogP contribution in [0.5, 0.6) is 0 Å². The fourth-order valence-electron chi connectivity index (χ4n) is 4.16. The number of carbonyl (C=O) groups is 2. The van der Waals surface area contributed by atoms with Crippen LogP contribution in [0.15, 0.2) is 4.79 Å². The van der Waals surface area contributed by atoms with E-state index in [2.05, 4.69) is 25.4 Å². The van der Waals surface area contributed by atoms with Gasteiger partial charge < -0.3 is 10.2 Å². The normalized spacial score (nSPS) is 23.1.